The molecule has 1 N–H and O–H groups in total. The Morgan fingerprint density at radius 3 is 2.52 bits per heavy atom. The van der Waals surface area contributed by atoms with E-state index >= 15 is 0 Å². The van der Waals surface area contributed by atoms with Gasteiger partial charge < -0.3 is 19.5 Å². The predicted molar refractivity (Wildman–Crippen MR) is 159 cm³/mol. The minimum absolute atomic E-state index is 0.0123. The van der Waals surface area contributed by atoms with E-state index in [2.05, 4.69) is 36.4 Å². The van der Waals surface area contributed by atoms with Crippen LogP contribution in [0.4, 0.5) is 0 Å². The molecule has 0 radical (unpaired) electrons. The maximum atomic E-state index is 13.7. The van der Waals surface area contributed by atoms with E-state index in [1.165, 1.54) is 5.56 Å². The van der Waals surface area contributed by atoms with Gasteiger partial charge in [0.1, 0.15) is 23.0 Å². The van der Waals surface area contributed by atoms with Gasteiger partial charge in [0.2, 0.25) is 0 Å². The molecule has 0 aliphatic heterocycles. The molecule has 2 aliphatic carbocycles. The van der Waals surface area contributed by atoms with Gasteiger partial charge >= 0.3 is 0 Å². The fourth-order valence-electron chi connectivity index (χ4n) is 5.02. The van der Waals surface area contributed by atoms with Crippen molar-refractivity contribution in [2.45, 2.75) is 45.1 Å². The van der Waals surface area contributed by atoms with Crippen LogP contribution >= 0.6 is 0 Å². The molecule has 0 saturated carbocycles. The molecule has 3 aromatic carbocycles. The number of carbonyl (C=O) groups excluding carboxylic acids is 1. The largest absolute Gasteiger partial charge is 0.508 e. The maximum absolute atomic E-state index is 13.7. The molecule has 0 fully saturated rings. The molecular weight excluding hydrogens is 498 g/mol. The zero-order valence-electron chi connectivity index (χ0n) is 23.3. The first-order chi connectivity index (χ1) is 19.4. The molecule has 206 valence electrons. The topological polar surface area (TPSA) is 59.0 Å². The van der Waals surface area contributed by atoms with Crippen LogP contribution in [0.25, 0.3) is 0 Å². The summed E-state index contributed by atoms with van der Waals surface area (Å²) in [5, 5.41) is 9.94. The van der Waals surface area contributed by atoms with Gasteiger partial charge in [-0.2, -0.15) is 0 Å². The monoisotopic (exact) mass is 535 g/mol. The summed E-state index contributed by atoms with van der Waals surface area (Å²) in [4.78, 5) is 15.7. The van der Waals surface area contributed by atoms with Crippen LogP contribution in [0.5, 0.6) is 17.2 Å². The summed E-state index contributed by atoms with van der Waals surface area (Å²) in [6.45, 7) is 5.18. The zero-order chi connectivity index (χ0) is 28.0. The second-order valence-electron chi connectivity index (χ2n) is 10.8. The number of amides is 1. The van der Waals surface area contributed by atoms with Crippen LogP contribution in [0.3, 0.4) is 0 Å². The van der Waals surface area contributed by atoms with Crippen LogP contribution in [-0.2, 0) is 6.42 Å². The summed E-state index contributed by atoms with van der Waals surface area (Å²) in [6, 6.07) is 23.3. The minimum atomic E-state index is -0.668. The van der Waals surface area contributed by atoms with Crippen molar-refractivity contribution in [3.63, 3.8) is 0 Å². The van der Waals surface area contributed by atoms with Gasteiger partial charge in [-0.25, -0.2) is 0 Å². The van der Waals surface area contributed by atoms with E-state index in [1.807, 2.05) is 79.4 Å². The third-order valence-corrected chi connectivity index (χ3v) is 7.66. The number of rotatable bonds is 11. The van der Waals surface area contributed by atoms with E-state index in [1.54, 1.807) is 6.08 Å². The normalized spacial score (nSPS) is 19.4. The van der Waals surface area contributed by atoms with Crippen LogP contribution in [0, 0.1) is 12.8 Å². The minimum Gasteiger partial charge on any atom is -0.508 e. The van der Waals surface area contributed by atoms with E-state index in [0.29, 0.717) is 48.2 Å². The van der Waals surface area contributed by atoms with Gasteiger partial charge in [0.25, 0.3) is 5.91 Å². The molecular formula is C35H37NO4. The Morgan fingerprint density at radius 1 is 1.00 bits per heavy atom. The first-order valence-electron chi connectivity index (χ1n) is 14.0. The Bertz CT molecular complexity index is 1420. The van der Waals surface area contributed by atoms with Gasteiger partial charge in [0.15, 0.2) is 5.60 Å². The Labute approximate surface area is 237 Å². The maximum Gasteiger partial charge on any atom is 0.253 e. The molecule has 2 atom stereocenters. The third kappa shape index (κ3) is 6.66. The Balaban J connectivity index is 1.27. The van der Waals surface area contributed by atoms with Crippen molar-refractivity contribution in [2.24, 2.45) is 5.92 Å². The highest BCUT2D eigenvalue weighted by Gasteiger charge is 2.38. The summed E-state index contributed by atoms with van der Waals surface area (Å²) in [6.07, 6.45) is 13.8. The van der Waals surface area contributed by atoms with Crippen LogP contribution in [-0.4, -0.2) is 34.6 Å². The Kier molecular flexibility index (Phi) is 8.40. The number of hydrogen-bond donors (Lipinski definition) is 1. The summed E-state index contributed by atoms with van der Waals surface area (Å²) >= 11 is 0. The smallest absolute Gasteiger partial charge is 0.253 e. The van der Waals surface area contributed by atoms with Crippen LogP contribution in [0.2, 0.25) is 0 Å². The molecule has 0 heterocycles. The Morgan fingerprint density at radius 2 is 1.82 bits per heavy atom. The number of aryl methyl sites for hydroxylation is 1. The highest BCUT2D eigenvalue weighted by molar-refractivity contribution is 5.94. The van der Waals surface area contributed by atoms with Gasteiger partial charge in [-0.15, -0.1) is 0 Å². The van der Waals surface area contributed by atoms with Gasteiger partial charge in [-0.1, -0.05) is 60.7 Å². The van der Waals surface area contributed by atoms with Crippen molar-refractivity contribution in [3.8, 4) is 17.2 Å². The number of aliphatic hydroxyl groups excluding tert-OH is 1. The van der Waals surface area contributed by atoms with E-state index in [9.17, 15) is 9.90 Å². The predicted octanol–water partition coefficient (Wildman–Crippen LogP) is 7.98. The SMILES string of the molecule is Cc1cc(Oc2cccc(C(=O)N(CCc3ccccc3)CCC3C=CC=CC3)c2)ccc1OC1(C)CC=C1O. The van der Waals surface area contributed by atoms with Crippen molar-refractivity contribution >= 4 is 5.91 Å². The molecule has 0 saturated heterocycles. The molecule has 5 nitrogen and oxygen atoms in total. The second kappa shape index (κ2) is 12.3. The van der Waals surface area contributed by atoms with Crippen LogP contribution in [0.1, 0.15) is 47.7 Å². The summed E-state index contributed by atoms with van der Waals surface area (Å²) in [5.74, 6) is 2.70. The lowest BCUT2D eigenvalue weighted by Crippen LogP contribution is -2.40. The number of carbonyl (C=O) groups is 1. The molecule has 2 unspecified atom stereocenters. The van der Waals surface area contributed by atoms with E-state index in [0.717, 1.165) is 24.8 Å². The van der Waals surface area contributed by atoms with Crippen molar-refractivity contribution in [2.75, 3.05) is 13.1 Å². The average Bonchev–Trinajstić information content (AvgIpc) is 2.98. The molecule has 1 amide bonds. The first-order valence-corrected chi connectivity index (χ1v) is 14.0. The van der Waals surface area contributed by atoms with E-state index < -0.39 is 5.60 Å². The summed E-state index contributed by atoms with van der Waals surface area (Å²) < 4.78 is 12.2. The lowest BCUT2D eigenvalue weighted by atomic mass is 9.88. The van der Waals surface area contributed by atoms with Gasteiger partial charge in [-0.3, -0.25) is 4.79 Å². The third-order valence-electron chi connectivity index (χ3n) is 7.66. The van der Waals surface area contributed by atoms with E-state index in [-0.39, 0.29) is 11.7 Å². The molecule has 3 aromatic rings. The highest BCUT2D eigenvalue weighted by atomic mass is 16.5. The Hall–Kier alpha value is -4.25. The number of aliphatic hydroxyl groups is 1. The molecule has 5 rings (SSSR count). The molecule has 5 heteroatoms. The van der Waals surface area contributed by atoms with Crippen molar-refractivity contribution in [1.82, 2.24) is 4.90 Å². The molecule has 0 spiro atoms. The highest BCUT2D eigenvalue weighted by Crippen LogP contribution is 2.37. The molecule has 2 aliphatic rings. The summed E-state index contributed by atoms with van der Waals surface area (Å²) in [5.41, 5.74) is 2.07. The number of allylic oxidation sites excluding steroid dienone is 4. The zero-order valence-corrected chi connectivity index (χ0v) is 23.3. The molecule has 40 heavy (non-hydrogen) atoms. The first kappa shape index (κ1) is 27.3. The van der Waals surface area contributed by atoms with Gasteiger partial charge in [0, 0.05) is 25.1 Å². The van der Waals surface area contributed by atoms with Crippen molar-refractivity contribution in [3.05, 3.63) is 126 Å². The van der Waals surface area contributed by atoms with Crippen molar-refractivity contribution < 1.29 is 19.4 Å². The quantitative estimate of drug-likeness (QED) is 0.270. The number of nitrogens with zero attached hydrogens (tertiary/aromatic N) is 1. The van der Waals surface area contributed by atoms with Crippen LogP contribution < -0.4 is 9.47 Å². The fraction of sp³-hybridized carbons (Fsp3) is 0.286. The standard InChI is InChI=1S/C35H37NO4/c1-26-24-31(16-17-32(26)40-35(2)21-18-33(35)37)39-30-15-9-14-29(25-30)34(38)36(22-19-27-10-5-3-6-11-27)23-20-28-12-7-4-8-13-28/h3-12,14-18,24-25,28,37H,13,19-23H2,1-2H3. The molecule has 0 aromatic heterocycles. The van der Waals surface area contributed by atoms with Gasteiger partial charge in [0.05, 0.1) is 0 Å². The van der Waals surface area contributed by atoms with Crippen molar-refractivity contribution in [1.29, 1.82) is 0 Å². The van der Waals surface area contributed by atoms with E-state index in [4.69, 9.17) is 9.47 Å². The van der Waals surface area contributed by atoms with Crippen LogP contribution in [0.15, 0.2) is 109 Å². The number of benzene rings is 3. The molecule has 0 bridgehead atoms. The number of hydrogen-bond acceptors (Lipinski definition) is 4. The lowest BCUT2D eigenvalue weighted by Gasteiger charge is -2.35. The lowest BCUT2D eigenvalue weighted by molar-refractivity contribution is 0.0547. The van der Waals surface area contributed by atoms with Gasteiger partial charge in [-0.05, 0) is 92.6 Å². The number of ether oxygens (including phenoxy) is 2. The average molecular weight is 536 g/mol. The second-order valence-corrected chi connectivity index (χ2v) is 10.8. The fourth-order valence-corrected chi connectivity index (χ4v) is 5.02. The summed E-state index contributed by atoms with van der Waals surface area (Å²) in [7, 11) is 0.